The molecular weight excluding hydrogens is 357 g/mol. The number of benzene rings is 2. The zero-order valence-corrected chi connectivity index (χ0v) is 15.3. The Morgan fingerprint density at radius 2 is 1.48 bits per heavy atom. The maximum atomic E-state index is 12.5. The van der Waals surface area contributed by atoms with E-state index in [2.05, 4.69) is 17.6 Å². The van der Waals surface area contributed by atoms with E-state index in [0.29, 0.717) is 12.3 Å². The summed E-state index contributed by atoms with van der Waals surface area (Å²) in [5.74, 6) is 0. The van der Waals surface area contributed by atoms with Crippen LogP contribution in [0.25, 0.3) is 0 Å². The highest BCUT2D eigenvalue weighted by atomic mass is 19.4. The second kappa shape index (κ2) is 9.41. The van der Waals surface area contributed by atoms with Gasteiger partial charge in [0, 0.05) is 18.0 Å². The second-order valence-corrected chi connectivity index (χ2v) is 6.04. The topological polar surface area (TPSA) is 50.4 Å². The molecule has 2 N–H and O–H groups in total. The van der Waals surface area contributed by atoms with Gasteiger partial charge < -0.3 is 15.4 Å². The SMILES string of the molecule is CCCOC(CC)c1ccc(NC(=O)Nc2ccc(C(F)(F)F)cc2)cc1. The van der Waals surface area contributed by atoms with Gasteiger partial charge >= 0.3 is 12.2 Å². The third kappa shape index (κ3) is 6.29. The number of hydrogen-bond donors (Lipinski definition) is 2. The van der Waals surface area contributed by atoms with Gasteiger partial charge in [0.1, 0.15) is 0 Å². The molecule has 0 saturated heterocycles. The Bertz CT molecular complexity index is 728. The molecule has 146 valence electrons. The molecule has 0 spiro atoms. The molecule has 0 aromatic heterocycles. The van der Waals surface area contributed by atoms with Crippen LogP contribution < -0.4 is 10.6 Å². The molecule has 0 aliphatic rings. The zero-order valence-electron chi connectivity index (χ0n) is 15.3. The Morgan fingerprint density at radius 1 is 0.963 bits per heavy atom. The highest BCUT2D eigenvalue weighted by Crippen LogP contribution is 2.30. The van der Waals surface area contributed by atoms with Crippen molar-refractivity contribution in [2.75, 3.05) is 17.2 Å². The van der Waals surface area contributed by atoms with Crippen LogP contribution in [0, 0.1) is 0 Å². The minimum Gasteiger partial charge on any atom is -0.374 e. The van der Waals surface area contributed by atoms with Gasteiger partial charge in [-0.1, -0.05) is 26.0 Å². The summed E-state index contributed by atoms with van der Waals surface area (Å²) in [6, 6.07) is 11.0. The van der Waals surface area contributed by atoms with Crippen LogP contribution in [-0.4, -0.2) is 12.6 Å². The number of rotatable bonds is 7. The number of ether oxygens (including phenoxy) is 1. The van der Waals surface area contributed by atoms with Crippen molar-refractivity contribution >= 4 is 17.4 Å². The van der Waals surface area contributed by atoms with E-state index in [1.165, 1.54) is 12.1 Å². The van der Waals surface area contributed by atoms with Crippen LogP contribution in [0.2, 0.25) is 0 Å². The predicted octanol–water partition coefficient (Wildman–Crippen LogP) is 6.23. The van der Waals surface area contributed by atoms with Crippen molar-refractivity contribution in [3.63, 3.8) is 0 Å². The summed E-state index contributed by atoms with van der Waals surface area (Å²) in [7, 11) is 0. The van der Waals surface area contributed by atoms with E-state index in [1.54, 1.807) is 12.1 Å². The van der Waals surface area contributed by atoms with Gasteiger partial charge in [-0.15, -0.1) is 0 Å². The molecule has 0 bridgehead atoms. The van der Waals surface area contributed by atoms with E-state index < -0.39 is 17.8 Å². The quantitative estimate of drug-likeness (QED) is 0.598. The van der Waals surface area contributed by atoms with E-state index in [0.717, 1.165) is 30.5 Å². The molecule has 2 aromatic carbocycles. The third-order valence-electron chi connectivity index (χ3n) is 3.90. The van der Waals surface area contributed by atoms with Crippen molar-refractivity contribution in [3.8, 4) is 0 Å². The van der Waals surface area contributed by atoms with E-state index in [4.69, 9.17) is 4.74 Å². The number of carbonyl (C=O) groups excluding carboxylic acids is 1. The van der Waals surface area contributed by atoms with Gasteiger partial charge in [0.25, 0.3) is 0 Å². The summed E-state index contributed by atoms with van der Waals surface area (Å²) in [6.07, 6.45) is -2.60. The lowest BCUT2D eigenvalue weighted by atomic mass is 10.1. The van der Waals surface area contributed by atoms with Gasteiger partial charge in [-0.3, -0.25) is 0 Å². The van der Waals surface area contributed by atoms with Gasteiger partial charge in [-0.2, -0.15) is 13.2 Å². The van der Waals surface area contributed by atoms with Crippen molar-refractivity contribution in [1.29, 1.82) is 0 Å². The van der Waals surface area contributed by atoms with E-state index in [1.807, 2.05) is 19.1 Å². The highest BCUT2D eigenvalue weighted by molar-refractivity contribution is 5.99. The van der Waals surface area contributed by atoms with Gasteiger partial charge in [-0.25, -0.2) is 4.79 Å². The molecular formula is C20H23F3N2O2. The molecule has 4 nitrogen and oxygen atoms in total. The molecule has 1 atom stereocenters. The van der Waals surface area contributed by atoms with Crippen LogP contribution in [-0.2, 0) is 10.9 Å². The number of carbonyl (C=O) groups is 1. The van der Waals surface area contributed by atoms with Crippen molar-refractivity contribution in [3.05, 3.63) is 59.7 Å². The number of urea groups is 1. The van der Waals surface area contributed by atoms with E-state index in [9.17, 15) is 18.0 Å². The zero-order chi connectivity index (χ0) is 19.9. The third-order valence-corrected chi connectivity index (χ3v) is 3.90. The van der Waals surface area contributed by atoms with Crippen LogP contribution in [0.3, 0.4) is 0 Å². The Balaban J connectivity index is 1.93. The number of nitrogens with one attached hydrogen (secondary N) is 2. The molecule has 0 radical (unpaired) electrons. The van der Waals surface area contributed by atoms with Crippen LogP contribution in [0.1, 0.15) is 43.9 Å². The normalized spacial score (nSPS) is 12.5. The first kappa shape index (κ1) is 20.8. The summed E-state index contributed by atoms with van der Waals surface area (Å²) < 4.78 is 43.4. The van der Waals surface area contributed by atoms with Crippen LogP contribution in [0.15, 0.2) is 48.5 Å². The van der Waals surface area contributed by atoms with Crippen LogP contribution >= 0.6 is 0 Å². The fraction of sp³-hybridized carbons (Fsp3) is 0.350. The number of anilines is 2. The summed E-state index contributed by atoms with van der Waals surface area (Å²) in [5.41, 5.74) is 1.11. The summed E-state index contributed by atoms with van der Waals surface area (Å²) in [5, 5.41) is 5.15. The Labute approximate surface area is 156 Å². The molecule has 0 saturated carbocycles. The van der Waals surface area contributed by atoms with Gasteiger partial charge in [0.2, 0.25) is 0 Å². The second-order valence-electron chi connectivity index (χ2n) is 6.04. The largest absolute Gasteiger partial charge is 0.416 e. The molecule has 0 aliphatic heterocycles. The van der Waals surface area contributed by atoms with Gasteiger partial charge in [0.05, 0.1) is 11.7 Å². The minimum atomic E-state index is -4.40. The Hall–Kier alpha value is -2.54. The molecule has 2 aromatic rings. The van der Waals surface area contributed by atoms with Crippen molar-refractivity contribution < 1.29 is 22.7 Å². The number of amides is 2. The van der Waals surface area contributed by atoms with Gasteiger partial charge in [0.15, 0.2) is 0 Å². The van der Waals surface area contributed by atoms with E-state index in [-0.39, 0.29) is 11.8 Å². The summed E-state index contributed by atoms with van der Waals surface area (Å²) in [6.45, 7) is 4.78. The van der Waals surface area contributed by atoms with Crippen molar-refractivity contribution in [2.24, 2.45) is 0 Å². The van der Waals surface area contributed by atoms with Crippen LogP contribution in [0.4, 0.5) is 29.3 Å². The highest BCUT2D eigenvalue weighted by Gasteiger charge is 2.29. The van der Waals surface area contributed by atoms with E-state index >= 15 is 0 Å². The van der Waals surface area contributed by atoms with Gasteiger partial charge in [-0.05, 0) is 54.8 Å². The Kier molecular flexibility index (Phi) is 7.24. The molecule has 0 heterocycles. The number of alkyl halides is 3. The molecule has 27 heavy (non-hydrogen) atoms. The number of halogens is 3. The number of hydrogen-bond acceptors (Lipinski definition) is 2. The molecule has 0 aliphatic carbocycles. The average molecular weight is 380 g/mol. The summed E-state index contributed by atoms with van der Waals surface area (Å²) >= 11 is 0. The fourth-order valence-corrected chi connectivity index (χ4v) is 2.53. The predicted molar refractivity (Wildman–Crippen MR) is 99.8 cm³/mol. The molecule has 7 heteroatoms. The smallest absolute Gasteiger partial charge is 0.374 e. The standard InChI is InChI=1S/C20H23F3N2O2/c1-3-13-27-18(4-2)14-5-9-16(10-6-14)24-19(26)25-17-11-7-15(8-12-17)20(21,22)23/h5-12,18H,3-4,13H2,1-2H3,(H2,24,25,26). The lowest BCUT2D eigenvalue weighted by Gasteiger charge is -2.16. The van der Waals surface area contributed by atoms with Crippen molar-refractivity contribution in [2.45, 2.75) is 39.0 Å². The summed E-state index contributed by atoms with van der Waals surface area (Å²) in [4.78, 5) is 12.0. The first-order chi connectivity index (χ1) is 12.8. The molecule has 2 rings (SSSR count). The lowest BCUT2D eigenvalue weighted by molar-refractivity contribution is -0.137. The molecule has 0 fully saturated rings. The molecule has 2 amide bonds. The minimum absolute atomic E-state index is 0.0139. The lowest BCUT2D eigenvalue weighted by Crippen LogP contribution is -2.19. The monoisotopic (exact) mass is 380 g/mol. The maximum Gasteiger partial charge on any atom is 0.416 e. The maximum absolute atomic E-state index is 12.5. The first-order valence-electron chi connectivity index (χ1n) is 8.80. The molecule has 1 unspecified atom stereocenters. The first-order valence-corrected chi connectivity index (χ1v) is 8.80. The van der Waals surface area contributed by atoms with Crippen molar-refractivity contribution in [1.82, 2.24) is 0 Å². The fourth-order valence-electron chi connectivity index (χ4n) is 2.53. The van der Waals surface area contributed by atoms with Crippen LogP contribution in [0.5, 0.6) is 0 Å². The average Bonchev–Trinajstić information content (AvgIpc) is 2.63. The Morgan fingerprint density at radius 3 is 1.93 bits per heavy atom.